The molecule has 0 aliphatic rings. The molecule has 1 rings (SSSR count). The van der Waals surface area contributed by atoms with Crippen molar-refractivity contribution in [2.75, 3.05) is 12.3 Å². The molecule has 0 amide bonds. The Hall–Kier alpha value is -1.24. The molecule has 7 heteroatoms. The number of hydrogen-bond acceptors (Lipinski definition) is 3. The highest BCUT2D eigenvalue weighted by Crippen LogP contribution is 2.16. The Bertz CT molecular complexity index is 288. The molecule has 0 atom stereocenters. The van der Waals surface area contributed by atoms with E-state index < -0.39 is 13.0 Å². The normalized spacial score (nSPS) is 12.0. The zero-order valence-corrected chi connectivity index (χ0v) is 7.51. The molecule has 0 aromatic carbocycles. The Morgan fingerprint density at radius 1 is 1.57 bits per heavy atom. The van der Waals surface area contributed by atoms with E-state index >= 15 is 0 Å². The van der Waals surface area contributed by atoms with E-state index in [0.29, 0.717) is 11.4 Å². The van der Waals surface area contributed by atoms with Gasteiger partial charge in [-0.25, -0.2) is 0 Å². The second-order valence-electron chi connectivity index (χ2n) is 2.73. The van der Waals surface area contributed by atoms with Crippen LogP contribution in [0.2, 0.25) is 0 Å². The molecule has 0 aliphatic carbocycles. The van der Waals surface area contributed by atoms with E-state index in [1.165, 1.54) is 10.9 Å². The molecule has 0 saturated heterocycles. The maximum atomic E-state index is 11.6. The molecular formula is C7H10F3N3O. The van der Waals surface area contributed by atoms with Crippen LogP contribution in [-0.2, 0) is 11.3 Å². The first-order valence-corrected chi connectivity index (χ1v) is 3.89. The number of ether oxygens (including phenoxy) is 1. The summed E-state index contributed by atoms with van der Waals surface area (Å²) >= 11 is 0. The lowest BCUT2D eigenvalue weighted by Crippen LogP contribution is -2.17. The topological polar surface area (TPSA) is 53.1 Å². The van der Waals surface area contributed by atoms with Gasteiger partial charge >= 0.3 is 6.36 Å². The van der Waals surface area contributed by atoms with Gasteiger partial charge in [-0.2, -0.15) is 5.10 Å². The fraction of sp³-hybridized carbons (Fsp3) is 0.571. The Morgan fingerprint density at radius 3 is 2.64 bits per heavy atom. The van der Waals surface area contributed by atoms with Gasteiger partial charge in [0.2, 0.25) is 0 Å². The lowest BCUT2D eigenvalue weighted by Gasteiger charge is -2.06. The van der Waals surface area contributed by atoms with Gasteiger partial charge < -0.3 is 5.73 Å². The average molecular weight is 209 g/mol. The fourth-order valence-electron chi connectivity index (χ4n) is 0.903. The third kappa shape index (κ3) is 3.25. The Morgan fingerprint density at radius 2 is 2.21 bits per heavy atom. The van der Waals surface area contributed by atoms with E-state index in [0.717, 1.165) is 0 Å². The van der Waals surface area contributed by atoms with Gasteiger partial charge in [0.25, 0.3) is 0 Å². The van der Waals surface area contributed by atoms with Crippen LogP contribution in [0.5, 0.6) is 0 Å². The minimum atomic E-state index is -4.59. The molecule has 2 N–H and O–H groups in total. The van der Waals surface area contributed by atoms with Gasteiger partial charge in [0.15, 0.2) is 0 Å². The van der Waals surface area contributed by atoms with Crippen LogP contribution < -0.4 is 5.73 Å². The average Bonchev–Trinajstić information content (AvgIpc) is 2.28. The summed E-state index contributed by atoms with van der Waals surface area (Å²) in [5.74, 6) is 0. The van der Waals surface area contributed by atoms with Gasteiger partial charge in [0.05, 0.1) is 24.5 Å². The first-order valence-electron chi connectivity index (χ1n) is 3.89. The first kappa shape index (κ1) is 10.8. The predicted octanol–water partition coefficient (Wildman–Crippen LogP) is 1.31. The molecule has 0 radical (unpaired) electrons. The summed E-state index contributed by atoms with van der Waals surface area (Å²) in [6.07, 6.45) is -3.12. The van der Waals surface area contributed by atoms with Crippen molar-refractivity contribution in [1.82, 2.24) is 9.78 Å². The van der Waals surface area contributed by atoms with E-state index in [9.17, 15) is 13.2 Å². The van der Waals surface area contributed by atoms with Crippen molar-refractivity contribution >= 4 is 5.69 Å². The first-order chi connectivity index (χ1) is 6.38. The third-order valence-corrected chi connectivity index (χ3v) is 1.57. The number of nitrogens with two attached hydrogens (primary N) is 1. The standard InChI is InChI=1S/C7H10F3N3O/c1-5-6(11)4-13(12-5)2-3-14-7(8,9)10/h4H,2-3,11H2,1H3. The zero-order chi connectivity index (χ0) is 10.8. The van der Waals surface area contributed by atoms with Gasteiger partial charge in [-0.3, -0.25) is 9.42 Å². The molecule has 1 aromatic heterocycles. The summed E-state index contributed by atoms with van der Waals surface area (Å²) in [5, 5.41) is 3.87. The van der Waals surface area contributed by atoms with Crippen molar-refractivity contribution in [3.8, 4) is 0 Å². The number of rotatable bonds is 3. The Balaban J connectivity index is 2.39. The van der Waals surface area contributed by atoms with Gasteiger partial charge in [-0.1, -0.05) is 0 Å². The summed E-state index contributed by atoms with van der Waals surface area (Å²) in [4.78, 5) is 0. The van der Waals surface area contributed by atoms with E-state index in [-0.39, 0.29) is 6.54 Å². The zero-order valence-electron chi connectivity index (χ0n) is 7.51. The van der Waals surface area contributed by atoms with Crippen molar-refractivity contribution in [3.05, 3.63) is 11.9 Å². The number of aromatic nitrogens is 2. The quantitative estimate of drug-likeness (QED) is 0.816. The van der Waals surface area contributed by atoms with Crippen LogP contribution in [-0.4, -0.2) is 22.7 Å². The monoisotopic (exact) mass is 209 g/mol. The van der Waals surface area contributed by atoms with E-state index in [1.54, 1.807) is 6.92 Å². The van der Waals surface area contributed by atoms with Gasteiger partial charge in [0, 0.05) is 6.20 Å². The molecule has 14 heavy (non-hydrogen) atoms. The van der Waals surface area contributed by atoms with Gasteiger partial charge in [0.1, 0.15) is 0 Å². The lowest BCUT2D eigenvalue weighted by atomic mass is 10.4. The summed E-state index contributed by atoms with van der Waals surface area (Å²) in [6.45, 7) is 1.23. The molecular weight excluding hydrogens is 199 g/mol. The van der Waals surface area contributed by atoms with Crippen LogP contribution in [0.25, 0.3) is 0 Å². The van der Waals surface area contributed by atoms with E-state index in [4.69, 9.17) is 5.73 Å². The number of nitrogens with zero attached hydrogens (tertiary/aromatic N) is 2. The van der Waals surface area contributed by atoms with Crippen LogP contribution in [0.4, 0.5) is 18.9 Å². The molecule has 0 spiro atoms. The van der Waals surface area contributed by atoms with Crippen molar-refractivity contribution in [3.63, 3.8) is 0 Å². The molecule has 1 heterocycles. The van der Waals surface area contributed by atoms with Crippen LogP contribution in [0.3, 0.4) is 0 Å². The van der Waals surface area contributed by atoms with Crippen molar-refractivity contribution < 1.29 is 17.9 Å². The number of halogens is 3. The van der Waals surface area contributed by atoms with E-state index in [1.807, 2.05) is 0 Å². The number of hydrogen-bond donors (Lipinski definition) is 1. The Kier molecular flexibility index (Phi) is 3.00. The molecule has 1 aromatic rings. The maximum absolute atomic E-state index is 11.6. The molecule has 80 valence electrons. The van der Waals surface area contributed by atoms with Crippen LogP contribution in [0.15, 0.2) is 6.20 Å². The molecule has 0 unspecified atom stereocenters. The summed E-state index contributed by atoms with van der Waals surface area (Å²) in [5.41, 5.74) is 6.50. The fourth-order valence-corrected chi connectivity index (χ4v) is 0.903. The number of alkyl halides is 3. The summed E-state index contributed by atoms with van der Waals surface area (Å²) < 4.78 is 39.6. The van der Waals surface area contributed by atoms with Crippen molar-refractivity contribution in [2.24, 2.45) is 0 Å². The summed E-state index contributed by atoms with van der Waals surface area (Å²) in [7, 11) is 0. The number of aryl methyl sites for hydroxylation is 1. The van der Waals surface area contributed by atoms with Crippen LogP contribution in [0.1, 0.15) is 5.69 Å². The predicted molar refractivity (Wildman–Crippen MR) is 43.4 cm³/mol. The highest BCUT2D eigenvalue weighted by molar-refractivity contribution is 5.39. The number of anilines is 1. The maximum Gasteiger partial charge on any atom is 0.522 e. The minimum absolute atomic E-state index is 0.0253. The number of nitrogen functional groups attached to an aromatic ring is 1. The van der Waals surface area contributed by atoms with Crippen LogP contribution in [0, 0.1) is 6.92 Å². The lowest BCUT2D eigenvalue weighted by molar-refractivity contribution is -0.325. The van der Waals surface area contributed by atoms with Gasteiger partial charge in [-0.15, -0.1) is 13.2 Å². The molecule has 4 nitrogen and oxygen atoms in total. The smallest absolute Gasteiger partial charge is 0.396 e. The van der Waals surface area contributed by atoms with E-state index in [2.05, 4.69) is 9.84 Å². The SMILES string of the molecule is Cc1nn(CCOC(F)(F)F)cc1N. The molecule has 0 aliphatic heterocycles. The second kappa shape index (κ2) is 3.87. The third-order valence-electron chi connectivity index (χ3n) is 1.57. The van der Waals surface area contributed by atoms with Crippen molar-refractivity contribution in [1.29, 1.82) is 0 Å². The van der Waals surface area contributed by atoms with Crippen LogP contribution >= 0.6 is 0 Å². The largest absolute Gasteiger partial charge is 0.522 e. The Labute approximate surface area is 78.4 Å². The highest BCUT2D eigenvalue weighted by Gasteiger charge is 2.28. The molecule has 0 saturated carbocycles. The minimum Gasteiger partial charge on any atom is -0.396 e. The molecule has 0 bridgehead atoms. The van der Waals surface area contributed by atoms with Crippen molar-refractivity contribution in [2.45, 2.75) is 19.8 Å². The molecule has 0 fully saturated rings. The van der Waals surface area contributed by atoms with Gasteiger partial charge in [-0.05, 0) is 6.92 Å². The summed E-state index contributed by atoms with van der Waals surface area (Å²) in [6, 6.07) is 0. The second-order valence-corrected chi connectivity index (χ2v) is 2.73. The highest BCUT2D eigenvalue weighted by atomic mass is 19.4.